The molecule has 29 heavy (non-hydrogen) atoms. The van der Waals surface area contributed by atoms with Crippen molar-refractivity contribution in [2.45, 2.75) is 24.4 Å². The molecule has 0 saturated carbocycles. The number of nitrogens with zero attached hydrogens (tertiary/aromatic N) is 4. The van der Waals surface area contributed by atoms with Gasteiger partial charge in [0.2, 0.25) is 5.91 Å². The van der Waals surface area contributed by atoms with Crippen LogP contribution >= 0.6 is 0 Å². The zero-order chi connectivity index (χ0) is 20.3. The molecule has 2 saturated heterocycles. The Hall–Kier alpha value is -2.23. The lowest BCUT2D eigenvalue weighted by atomic mass is 9.96. The van der Waals surface area contributed by atoms with E-state index in [4.69, 9.17) is 0 Å². The number of imidazole rings is 1. The average molecular weight is 418 g/mol. The Kier molecular flexibility index (Phi) is 5.98. The maximum atomic E-state index is 12.9. The Morgan fingerprint density at radius 1 is 1.03 bits per heavy atom. The zero-order valence-corrected chi connectivity index (χ0v) is 17.2. The quantitative estimate of drug-likeness (QED) is 0.788. The van der Waals surface area contributed by atoms with Gasteiger partial charge in [-0.25, -0.2) is 13.4 Å². The highest BCUT2D eigenvalue weighted by Crippen LogP contribution is 2.24. The summed E-state index contributed by atoms with van der Waals surface area (Å²) in [6.07, 6.45) is 3.81. The van der Waals surface area contributed by atoms with E-state index in [1.165, 1.54) is 22.4 Å². The van der Waals surface area contributed by atoms with Crippen LogP contribution in [0.2, 0.25) is 0 Å². The predicted molar refractivity (Wildman–Crippen MR) is 108 cm³/mol. The molecule has 2 fully saturated rings. The predicted octanol–water partition coefficient (Wildman–Crippen LogP) is 1.15. The van der Waals surface area contributed by atoms with Crippen molar-refractivity contribution in [3.8, 4) is 0 Å². The summed E-state index contributed by atoms with van der Waals surface area (Å²) in [6, 6.07) is 10.4. The minimum absolute atomic E-state index is 0.0936. The molecule has 2 aliphatic heterocycles. The van der Waals surface area contributed by atoms with E-state index in [2.05, 4.69) is 27.0 Å². The molecule has 0 spiro atoms. The summed E-state index contributed by atoms with van der Waals surface area (Å²) in [5.41, 5.74) is 1.29. The van der Waals surface area contributed by atoms with Crippen LogP contribution in [-0.4, -0.2) is 77.7 Å². The van der Waals surface area contributed by atoms with Gasteiger partial charge >= 0.3 is 0 Å². The number of carbonyl (C=O) groups is 1. The Labute approximate surface area is 171 Å². The summed E-state index contributed by atoms with van der Waals surface area (Å²) < 4.78 is 26.6. The molecule has 2 aliphatic rings. The fourth-order valence-corrected chi connectivity index (χ4v) is 5.46. The maximum Gasteiger partial charge on any atom is 0.260 e. The van der Waals surface area contributed by atoms with Crippen LogP contribution in [0.4, 0.5) is 0 Å². The van der Waals surface area contributed by atoms with Crippen LogP contribution in [0.3, 0.4) is 0 Å². The van der Waals surface area contributed by atoms with Crippen LogP contribution in [0, 0.1) is 5.92 Å². The third-order valence-corrected chi connectivity index (χ3v) is 7.65. The van der Waals surface area contributed by atoms with Crippen LogP contribution in [0.5, 0.6) is 0 Å². The number of H-pyrrole nitrogens is 1. The number of hydrogen-bond donors (Lipinski definition) is 1. The second kappa shape index (κ2) is 8.64. The number of benzene rings is 1. The molecule has 9 heteroatoms. The monoisotopic (exact) mass is 417 g/mol. The standard InChI is InChI=1S/C20H27N5O3S/c26-20(24-12-10-23(11-13-24)15-17-4-2-1-3-5-17)18-6-8-25(9-7-18)29(27,28)19-14-21-16-22-19/h1-5,14,16,18H,6-13,15H2,(H,21,22). The van der Waals surface area contributed by atoms with Crippen molar-refractivity contribution >= 4 is 15.9 Å². The van der Waals surface area contributed by atoms with Gasteiger partial charge in [0.15, 0.2) is 5.03 Å². The van der Waals surface area contributed by atoms with Crippen molar-refractivity contribution < 1.29 is 13.2 Å². The molecular weight excluding hydrogens is 390 g/mol. The highest BCUT2D eigenvalue weighted by atomic mass is 32.2. The van der Waals surface area contributed by atoms with E-state index in [1.807, 2.05) is 23.1 Å². The van der Waals surface area contributed by atoms with E-state index in [-0.39, 0.29) is 16.9 Å². The van der Waals surface area contributed by atoms with Crippen molar-refractivity contribution in [3.63, 3.8) is 0 Å². The van der Waals surface area contributed by atoms with Crippen molar-refractivity contribution in [2.24, 2.45) is 5.92 Å². The lowest BCUT2D eigenvalue weighted by molar-refractivity contribution is -0.138. The molecule has 0 radical (unpaired) electrons. The molecule has 1 N–H and O–H groups in total. The SMILES string of the molecule is O=C(C1CCN(S(=O)(=O)c2cnc[nH]2)CC1)N1CCN(Cc2ccccc2)CC1. The number of hydrogen-bond acceptors (Lipinski definition) is 5. The van der Waals surface area contributed by atoms with Gasteiger partial charge in [-0.1, -0.05) is 30.3 Å². The third kappa shape index (κ3) is 4.52. The average Bonchev–Trinajstić information content (AvgIpc) is 3.31. The number of piperazine rings is 1. The summed E-state index contributed by atoms with van der Waals surface area (Å²) >= 11 is 0. The lowest BCUT2D eigenvalue weighted by Gasteiger charge is -2.38. The third-order valence-electron chi connectivity index (χ3n) is 5.83. The van der Waals surface area contributed by atoms with Crippen LogP contribution in [-0.2, 0) is 21.4 Å². The molecule has 1 amide bonds. The molecule has 1 aromatic carbocycles. The van der Waals surface area contributed by atoms with E-state index >= 15 is 0 Å². The second-order valence-corrected chi connectivity index (χ2v) is 9.59. The molecule has 0 unspecified atom stereocenters. The van der Waals surface area contributed by atoms with Gasteiger partial charge in [-0.3, -0.25) is 9.69 Å². The van der Waals surface area contributed by atoms with Gasteiger partial charge in [0.05, 0.1) is 12.5 Å². The molecule has 8 nitrogen and oxygen atoms in total. The highest BCUT2D eigenvalue weighted by Gasteiger charge is 2.35. The zero-order valence-electron chi connectivity index (χ0n) is 16.4. The molecule has 0 bridgehead atoms. The van der Waals surface area contributed by atoms with Crippen molar-refractivity contribution in [1.29, 1.82) is 0 Å². The van der Waals surface area contributed by atoms with E-state index in [0.29, 0.717) is 25.9 Å². The fourth-order valence-electron chi connectivity index (χ4n) is 4.09. The van der Waals surface area contributed by atoms with Gasteiger partial charge in [0.25, 0.3) is 10.0 Å². The summed E-state index contributed by atoms with van der Waals surface area (Å²) in [5.74, 6) is 0.0758. The molecule has 3 heterocycles. The number of piperidine rings is 1. The largest absolute Gasteiger partial charge is 0.340 e. The minimum Gasteiger partial charge on any atom is -0.340 e. The van der Waals surface area contributed by atoms with Crippen molar-refractivity contribution in [3.05, 3.63) is 48.4 Å². The van der Waals surface area contributed by atoms with Crippen LogP contribution in [0.1, 0.15) is 18.4 Å². The van der Waals surface area contributed by atoms with Gasteiger partial charge in [-0.05, 0) is 18.4 Å². The topological polar surface area (TPSA) is 89.6 Å². The van der Waals surface area contributed by atoms with E-state index in [9.17, 15) is 13.2 Å². The molecule has 2 aromatic rings. The maximum absolute atomic E-state index is 12.9. The number of carbonyl (C=O) groups excluding carboxylic acids is 1. The first-order chi connectivity index (χ1) is 14.0. The summed E-state index contributed by atoms with van der Waals surface area (Å²) in [7, 11) is -3.55. The smallest absolute Gasteiger partial charge is 0.260 e. The van der Waals surface area contributed by atoms with Gasteiger partial charge in [-0.2, -0.15) is 4.31 Å². The van der Waals surface area contributed by atoms with E-state index in [0.717, 1.165) is 32.7 Å². The summed E-state index contributed by atoms with van der Waals surface area (Å²) in [5, 5.41) is 0.108. The number of aromatic amines is 1. The minimum atomic E-state index is -3.55. The highest BCUT2D eigenvalue weighted by molar-refractivity contribution is 7.89. The van der Waals surface area contributed by atoms with Crippen LogP contribution < -0.4 is 0 Å². The van der Waals surface area contributed by atoms with E-state index < -0.39 is 10.0 Å². The first-order valence-electron chi connectivity index (χ1n) is 10.1. The molecular formula is C20H27N5O3S. The van der Waals surface area contributed by atoms with Crippen molar-refractivity contribution in [1.82, 2.24) is 24.1 Å². The molecule has 156 valence electrons. The Morgan fingerprint density at radius 3 is 2.34 bits per heavy atom. The Bertz CT molecular complexity index is 901. The molecule has 4 rings (SSSR count). The Morgan fingerprint density at radius 2 is 1.72 bits per heavy atom. The van der Waals surface area contributed by atoms with Gasteiger partial charge in [-0.15, -0.1) is 0 Å². The normalized spacial score (nSPS) is 20.1. The lowest BCUT2D eigenvalue weighted by Crippen LogP contribution is -2.51. The number of rotatable bonds is 5. The van der Waals surface area contributed by atoms with Gasteiger partial charge < -0.3 is 9.88 Å². The van der Waals surface area contributed by atoms with Crippen molar-refractivity contribution in [2.75, 3.05) is 39.3 Å². The van der Waals surface area contributed by atoms with Gasteiger partial charge in [0, 0.05) is 51.7 Å². The Balaban J connectivity index is 1.26. The summed E-state index contributed by atoms with van der Waals surface area (Å²) in [4.78, 5) is 23.7. The van der Waals surface area contributed by atoms with Gasteiger partial charge in [0.1, 0.15) is 0 Å². The second-order valence-electron chi connectivity index (χ2n) is 7.68. The molecule has 0 atom stereocenters. The summed E-state index contributed by atoms with van der Waals surface area (Å²) in [6.45, 7) is 4.85. The number of sulfonamides is 1. The van der Waals surface area contributed by atoms with Crippen LogP contribution in [0.25, 0.3) is 0 Å². The van der Waals surface area contributed by atoms with E-state index in [1.54, 1.807) is 0 Å². The number of amides is 1. The first-order valence-corrected chi connectivity index (χ1v) is 11.5. The fraction of sp³-hybridized carbons (Fsp3) is 0.500. The number of nitrogens with one attached hydrogen (secondary N) is 1. The number of aromatic nitrogens is 2. The molecule has 1 aromatic heterocycles. The first kappa shape index (κ1) is 20.1. The molecule has 0 aliphatic carbocycles. The van der Waals surface area contributed by atoms with Crippen LogP contribution in [0.15, 0.2) is 47.9 Å².